The van der Waals surface area contributed by atoms with E-state index >= 15 is 0 Å². The van der Waals surface area contributed by atoms with Crippen molar-refractivity contribution in [1.29, 1.82) is 0 Å². The van der Waals surface area contributed by atoms with Gasteiger partial charge in [0.15, 0.2) is 5.12 Å². The molecule has 0 spiro atoms. The van der Waals surface area contributed by atoms with Crippen molar-refractivity contribution in [3.63, 3.8) is 0 Å². The Hall–Kier alpha value is -0.120. The van der Waals surface area contributed by atoms with Crippen LogP contribution in [0.3, 0.4) is 0 Å². The Morgan fingerprint density at radius 2 is 2.08 bits per heavy atom. The number of thioether (sulfide) groups is 1. The number of carbonyl (C=O) groups excluding carboxylic acids is 1. The fourth-order valence-electron chi connectivity index (χ4n) is 0.671. The Balaban J connectivity index is 3.28. The Bertz CT molecular complexity index is 142. The van der Waals surface area contributed by atoms with E-state index in [0.717, 1.165) is 18.7 Å². The lowest BCUT2D eigenvalue weighted by Crippen LogP contribution is -2.09. The highest BCUT2D eigenvalue weighted by molar-refractivity contribution is 8.13. The average molecular weight is 196 g/mol. The molecule has 72 valence electrons. The Labute approximate surface area is 75.9 Å². The molecule has 0 aromatic rings. The maximum absolute atomic E-state index is 12.2. The molecule has 0 N–H and O–H groups in total. The van der Waals surface area contributed by atoms with Crippen molar-refractivity contribution in [2.75, 3.05) is 5.75 Å². The molecular weight excluding hydrogens is 182 g/mol. The minimum Gasteiger partial charge on any atom is -0.287 e. The largest absolute Gasteiger partial charge is 0.287 e. The predicted molar refractivity (Wildman–Crippen MR) is 47.6 cm³/mol. The number of alkyl halides is 2. The van der Waals surface area contributed by atoms with E-state index in [4.69, 9.17) is 0 Å². The molecule has 12 heavy (non-hydrogen) atoms. The second-order valence-electron chi connectivity index (χ2n) is 2.75. The zero-order valence-corrected chi connectivity index (χ0v) is 8.22. The van der Waals surface area contributed by atoms with Crippen LogP contribution >= 0.6 is 11.8 Å². The molecule has 0 aromatic heterocycles. The second-order valence-corrected chi connectivity index (χ2v) is 3.90. The van der Waals surface area contributed by atoms with E-state index in [2.05, 4.69) is 0 Å². The van der Waals surface area contributed by atoms with Crippen LogP contribution in [-0.4, -0.2) is 16.8 Å². The van der Waals surface area contributed by atoms with Crippen molar-refractivity contribution >= 4 is 16.9 Å². The van der Waals surface area contributed by atoms with Crippen LogP contribution in [0.1, 0.15) is 33.1 Å². The van der Waals surface area contributed by atoms with Gasteiger partial charge in [0, 0.05) is 18.6 Å². The Morgan fingerprint density at radius 3 is 2.50 bits per heavy atom. The van der Waals surface area contributed by atoms with Gasteiger partial charge in [0.1, 0.15) is 0 Å². The summed E-state index contributed by atoms with van der Waals surface area (Å²) in [5.41, 5.74) is 0. The monoisotopic (exact) mass is 196 g/mol. The molecule has 0 heterocycles. The molecule has 0 rings (SSSR count). The Kier molecular flexibility index (Phi) is 5.46. The minimum absolute atomic E-state index is 0.0782. The summed E-state index contributed by atoms with van der Waals surface area (Å²) in [7, 11) is 0. The molecule has 0 radical (unpaired) electrons. The summed E-state index contributed by atoms with van der Waals surface area (Å²) in [5.74, 6) is -2.08. The number of hydrogen-bond acceptors (Lipinski definition) is 2. The van der Waals surface area contributed by atoms with E-state index in [0.29, 0.717) is 18.6 Å². The molecule has 0 aliphatic carbocycles. The van der Waals surface area contributed by atoms with E-state index < -0.39 is 5.92 Å². The lowest BCUT2D eigenvalue weighted by molar-refractivity contribution is -0.110. The van der Waals surface area contributed by atoms with E-state index in [1.54, 1.807) is 6.92 Å². The van der Waals surface area contributed by atoms with Crippen molar-refractivity contribution < 1.29 is 13.6 Å². The first-order valence-corrected chi connectivity index (χ1v) is 4.97. The van der Waals surface area contributed by atoms with Crippen molar-refractivity contribution in [3.05, 3.63) is 0 Å². The van der Waals surface area contributed by atoms with E-state index in [1.165, 1.54) is 0 Å². The van der Waals surface area contributed by atoms with Crippen LogP contribution in [0.5, 0.6) is 0 Å². The van der Waals surface area contributed by atoms with Gasteiger partial charge in [-0.2, -0.15) is 0 Å². The standard InChI is InChI=1S/C8H14F2OS/c1-3-7(11)12-6-4-5-8(2,9)10/h3-6H2,1-2H3. The third kappa shape index (κ3) is 7.98. The highest BCUT2D eigenvalue weighted by Crippen LogP contribution is 2.20. The molecule has 0 aliphatic rings. The van der Waals surface area contributed by atoms with Crippen molar-refractivity contribution in [3.8, 4) is 0 Å². The molecule has 1 nitrogen and oxygen atoms in total. The van der Waals surface area contributed by atoms with Crippen LogP contribution in [0.4, 0.5) is 8.78 Å². The average Bonchev–Trinajstić information content (AvgIpc) is 1.96. The minimum atomic E-state index is -2.59. The number of halogens is 2. The molecule has 0 saturated carbocycles. The second kappa shape index (κ2) is 5.51. The summed E-state index contributed by atoms with van der Waals surface area (Å²) in [6, 6.07) is 0. The first kappa shape index (κ1) is 11.9. The molecule has 0 fully saturated rings. The highest BCUT2D eigenvalue weighted by atomic mass is 32.2. The van der Waals surface area contributed by atoms with Crippen molar-refractivity contribution in [2.45, 2.75) is 39.0 Å². The maximum atomic E-state index is 12.2. The summed E-state index contributed by atoms with van der Waals surface area (Å²) in [5, 5.41) is 0.0782. The summed E-state index contributed by atoms with van der Waals surface area (Å²) in [6.45, 7) is 2.67. The summed E-state index contributed by atoms with van der Waals surface area (Å²) in [4.78, 5) is 10.7. The normalized spacial score (nSPS) is 11.7. The van der Waals surface area contributed by atoms with Gasteiger partial charge in [-0.15, -0.1) is 0 Å². The van der Waals surface area contributed by atoms with Gasteiger partial charge in [-0.25, -0.2) is 8.78 Å². The van der Waals surface area contributed by atoms with Crippen molar-refractivity contribution in [2.24, 2.45) is 0 Å². The van der Waals surface area contributed by atoms with E-state index in [1.807, 2.05) is 0 Å². The van der Waals surface area contributed by atoms with Gasteiger partial charge >= 0.3 is 0 Å². The van der Waals surface area contributed by atoms with Gasteiger partial charge < -0.3 is 0 Å². The van der Waals surface area contributed by atoms with Crippen LogP contribution in [0, 0.1) is 0 Å². The fraction of sp³-hybridized carbons (Fsp3) is 0.875. The molecule has 0 amide bonds. The molecular formula is C8H14F2OS. The summed E-state index contributed by atoms with van der Waals surface area (Å²) >= 11 is 1.14. The summed E-state index contributed by atoms with van der Waals surface area (Å²) in [6.07, 6.45) is 0.754. The zero-order valence-electron chi connectivity index (χ0n) is 7.40. The van der Waals surface area contributed by atoms with Crippen LogP contribution < -0.4 is 0 Å². The van der Waals surface area contributed by atoms with Crippen molar-refractivity contribution in [1.82, 2.24) is 0 Å². The number of rotatable bonds is 5. The lowest BCUT2D eigenvalue weighted by atomic mass is 10.2. The van der Waals surface area contributed by atoms with Gasteiger partial charge in [0.2, 0.25) is 5.92 Å². The van der Waals surface area contributed by atoms with Gasteiger partial charge in [-0.05, 0) is 13.3 Å². The van der Waals surface area contributed by atoms with Gasteiger partial charge in [-0.1, -0.05) is 18.7 Å². The van der Waals surface area contributed by atoms with Gasteiger partial charge in [0.05, 0.1) is 0 Å². The molecule has 0 bridgehead atoms. The molecule has 0 aromatic carbocycles. The molecule has 0 unspecified atom stereocenters. The molecule has 0 saturated heterocycles. The topological polar surface area (TPSA) is 17.1 Å². The fourth-order valence-corrected chi connectivity index (χ4v) is 1.39. The summed E-state index contributed by atoms with van der Waals surface area (Å²) < 4.78 is 24.5. The third-order valence-corrected chi connectivity index (χ3v) is 2.42. The smallest absolute Gasteiger partial charge is 0.245 e. The third-order valence-electron chi connectivity index (χ3n) is 1.31. The SMILES string of the molecule is CCC(=O)SCCCC(C)(F)F. The first-order valence-electron chi connectivity index (χ1n) is 3.99. The van der Waals surface area contributed by atoms with Gasteiger partial charge in [0.25, 0.3) is 0 Å². The zero-order chi connectivity index (χ0) is 9.61. The van der Waals surface area contributed by atoms with Gasteiger partial charge in [-0.3, -0.25) is 4.79 Å². The van der Waals surface area contributed by atoms with Crippen LogP contribution in [0.2, 0.25) is 0 Å². The lowest BCUT2D eigenvalue weighted by Gasteiger charge is -2.08. The number of carbonyl (C=O) groups is 1. The molecule has 0 aliphatic heterocycles. The Morgan fingerprint density at radius 1 is 1.50 bits per heavy atom. The number of hydrogen-bond donors (Lipinski definition) is 0. The predicted octanol–water partition coefficient (Wildman–Crippen LogP) is 3.09. The van der Waals surface area contributed by atoms with E-state index in [-0.39, 0.29) is 11.5 Å². The maximum Gasteiger partial charge on any atom is 0.245 e. The first-order chi connectivity index (χ1) is 5.45. The van der Waals surface area contributed by atoms with Crippen LogP contribution in [0.15, 0.2) is 0 Å². The van der Waals surface area contributed by atoms with Crippen LogP contribution in [0.25, 0.3) is 0 Å². The molecule has 4 heteroatoms. The quantitative estimate of drug-likeness (QED) is 0.628. The molecule has 0 atom stereocenters. The van der Waals surface area contributed by atoms with Crippen LogP contribution in [-0.2, 0) is 4.79 Å². The highest BCUT2D eigenvalue weighted by Gasteiger charge is 2.19. The van der Waals surface area contributed by atoms with E-state index in [9.17, 15) is 13.6 Å².